The predicted molar refractivity (Wildman–Crippen MR) is 79.4 cm³/mol. The Balaban J connectivity index is 1.51. The molecule has 4 aliphatic rings. The van der Waals surface area contributed by atoms with Crippen molar-refractivity contribution in [2.75, 3.05) is 5.32 Å². The van der Waals surface area contributed by atoms with E-state index in [2.05, 4.69) is 12.2 Å². The molecule has 0 amide bonds. The van der Waals surface area contributed by atoms with Crippen molar-refractivity contribution in [2.45, 2.75) is 51.5 Å². The van der Waals surface area contributed by atoms with Crippen molar-refractivity contribution >= 4 is 11.9 Å². The van der Waals surface area contributed by atoms with Gasteiger partial charge in [-0.2, -0.15) is 0 Å². The largest absolute Gasteiger partial charge is 0.475 e. The van der Waals surface area contributed by atoms with Crippen molar-refractivity contribution in [1.82, 2.24) is 0 Å². The third-order valence-electron chi connectivity index (χ3n) is 6.18. The van der Waals surface area contributed by atoms with Crippen LogP contribution in [-0.4, -0.2) is 17.1 Å². The molecule has 1 aromatic heterocycles. The summed E-state index contributed by atoms with van der Waals surface area (Å²) in [6, 6.07) is 3.61. The molecule has 0 saturated heterocycles. The molecule has 0 spiro atoms. The fraction of sp³-hybridized carbons (Fsp3) is 0.706. The highest BCUT2D eigenvalue weighted by Gasteiger charge is 2.53. The Morgan fingerprint density at radius 2 is 1.81 bits per heavy atom. The molecule has 1 heterocycles. The Morgan fingerprint density at radius 1 is 1.24 bits per heavy atom. The highest BCUT2D eigenvalue weighted by atomic mass is 16.4. The first-order chi connectivity index (χ1) is 10.0. The second kappa shape index (κ2) is 4.52. The van der Waals surface area contributed by atoms with Gasteiger partial charge in [0.25, 0.3) is 0 Å². The summed E-state index contributed by atoms with van der Waals surface area (Å²) in [5.74, 6) is 2.36. The zero-order valence-electron chi connectivity index (χ0n) is 12.5. The van der Waals surface area contributed by atoms with Gasteiger partial charge in [-0.25, -0.2) is 4.79 Å². The van der Waals surface area contributed by atoms with Crippen LogP contribution in [0.1, 0.15) is 56.0 Å². The molecule has 2 N–H and O–H groups in total. The summed E-state index contributed by atoms with van der Waals surface area (Å²) in [4.78, 5) is 10.9. The molecule has 4 heteroatoms. The summed E-state index contributed by atoms with van der Waals surface area (Å²) in [6.45, 7) is 2.25. The van der Waals surface area contributed by atoms with Gasteiger partial charge in [-0.3, -0.25) is 0 Å². The van der Waals surface area contributed by atoms with E-state index in [1.807, 2.05) is 0 Å². The number of carboxylic acids is 1. The van der Waals surface area contributed by atoms with E-state index >= 15 is 0 Å². The molecule has 114 valence electrons. The van der Waals surface area contributed by atoms with Crippen LogP contribution in [0.25, 0.3) is 0 Å². The van der Waals surface area contributed by atoms with Gasteiger partial charge in [0.15, 0.2) is 5.88 Å². The van der Waals surface area contributed by atoms with E-state index in [0.717, 1.165) is 17.8 Å². The first kappa shape index (κ1) is 13.2. The minimum Gasteiger partial charge on any atom is -0.475 e. The number of aromatic carboxylic acids is 1. The monoisotopic (exact) mass is 289 g/mol. The minimum absolute atomic E-state index is 0.00946. The van der Waals surface area contributed by atoms with Gasteiger partial charge in [0.1, 0.15) is 0 Å². The number of nitrogens with one attached hydrogen (secondary N) is 1. The average Bonchev–Trinajstić information content (AvgIpc) is 2.85. The molecule has 4 aliphatic carbocycles. The molecular weight excluding hydrogens is 266 g/mol. The number of carboxylic acid groups (broad SMARTS) is 1. The number of hydrogen-bond acceptors (Lipinski definition) is 3. The van der Waals surface area contributed by atoms with Gasteiger partial charge in [0.05, 0.1) is 0 Å². The van der Waals surface area contributed by atoms with E-state index in [1.54, 1.807) is 6.07 Å². The molecule has 21 heavy (non-hydrogen) atoms. The average molecular weight is 289 g/mol. The van der Waals surface area contributed by atoms with Crippen molar-refractivity contribution in [3.63, 3.8) is 0 Å². The van der Waals surface area contributed by atoms with Crippen molar-refractivity contribution in [1.29, 1.82) is 0 Å². The highest BCUT2D eigenvalue weighted by molar-refractivity contribution is 5.84. The second-order valence-electron chi connectivity index (χ2n) is 7.62. The molecule has 4 bridgehead atoms. The number of rotatable bonds is 4. The molecule has 4 fully saturated rings. The third-order valence-corrected chi connectivity index (χ3v) is 6.18. The Kier molecular flexibility index (Phi) is 2.85. The number of anilines is 1. The van der Waals surface area contributed by atoms with Gasteiger partial charge in [-0.05, 0) is 74.7 Å². The van der Waals surface area contributed by atoms with Crippen molar-refractivity contribution in [3.05, 3.63) is 17.9 Å². The molecule has 1 aromatic rings. The first-order valence-electron chi connectivity index (χ1n) is 8.14. The van der Waals surface area contributed by atoms with E-state index in [1.165, 1.54) is 44.6 Å². The summed E-state index contributed by atoms with van der Waals surface area (Å²) in [5.41, 5.74) is 0.394. The van der Waals surface area contributed by atoms with Crippen LogP contribution in [0.5, 0.6) is 0 Å². The van der Waals surface area contributed by atoms with E-state index in [9.17, 15) is 4.79 Å². The molecule has 4 saturated carbocycles. The fourth-order valence-corrected chi connectivity index (χ4v) is 5.60. The molecular formula is C17H23NO3. The van der Waals surface area contributed by atoms with Crippen molar-refractivity contribution < 1.29 is 14.3 Å². The summed E-state index contributed by atoms with van der Waals surface area (Å²) < 4.78 is 5.37. The number of furan rings is 1. The Morgan fingerprint density at radius 3 is 2.29 bits per heavy atom. The van der Waals surface area contributed by atoms with E-state index < -0.39 is 5.97 Å². The molecule has 5 rings (SSSR count). The van der Waals surface area contributed by atoms with Crippen LogP contribution in [0.4, 0.5) is 5.88 Å². The first-order valence-corrected chi connectivity index (χ1v) is 8.14. The van der Waals surface area contributed by atoms with Crippen LogP contribution in [0.3, 0.4) is 0 Å². The normalized spacial score (nSPS) is 38.4. The standard InChI is InChI=1S/C17H23NO3/c1-10(18-15-3-2-14(21-15)16(19)20)17-7-11-4-12(8-17)6-13(5-11)9-17/h2-3,10-13,18H,4-9H2,1H3,(H,19,20). The van der Waals surface area contributed by atoms with E-state index in [0.29, 0.717) is 17.3 Å². The molecule has 0 radical (unpaired) electrons. The lowest BCUT2D eigenvalue weighted by molar-refractivity contribution is -0.0605. The van der Waals surface area contributed by atoms with Crippen LogP contribution in [0.15, 0.2) is 16.5 Å². The Labute approximate surface area is 124 Å². The molecule has 0 aromatic carbocycles. The summed E-state index contributed by atoms with van der Waals surface area (Å²) in [6.07, 6.45) is 8.32. The highest BCUT2D eigenvalue weighted by Crippen LogP contribution is 2.61. The van der Waals surface area contributed by atoms with Gasteiger partial charge >= 0.3 is 5.97 Å². The zero-order valence-corrected chi connectivity index (χ0v) is 12.5. The minimum atomic E-state index is -1.01. The van der Waals surface area contributed by atoms with E-state index in [4.69, 9.17) is 9.52 Å². The lowest BCUT2D eigenvalue weighted by atomic mass is 9.48. The summed E-state index contributed by atoms with van der Waals surface area (Å²) in [5, 5.41) is 12.4. The Bertz CT molecular complexity index is 527. The SMILES string of the molecule is CC(Nc1ccc(C(=O)O)o1)C12CC3CC(CC(C3)C1)C2. The lowest BCUT2D eigenvalue weighted by Gasteiger charge is -2.59. The maximum atomic E-state index is 10.9. The Hall–Kier alpha value is -1.45. The van der Waals surface area contributed by atoms with Gasteiger partial charge in [0.2, 0.25) is 5.76 Å². The molecule has 0 aliphatic heterocycles. The van der Waals surface area contributed by atoms with Crippen LogP contribution in [0.2, 0.25) is 0 Å². The van der Waals surface area contributed by atoms with Gasteiger partial charge in [0, 0.05) is 12.1 Å². The van der Waals surface area contributed by atoms with Gasteiger partial charge < -0.3 is 14.8 Å². The predicted octanol–water partition coefficient (Wildman–Crippen LogP) is 3.99. The fourth-order valence-electron chi connectivity index (χ4n) is 5.60. The van der Waals surface area contributed by atoms with E-state index in [-0.39, 0.29) is 5.76 Å². The van der Waals surface area contributed by atoms with Gasteiger partial charge in [-0.1, -0.05) is 0 Å². The summed E-state index contributed by atoms with van der Waals surface area (Å²) >= 11 is 0. The topological polar surface area (TPSA) is 62.5 Å². The third kappa shape index (κ3) is 2.16. The van der Waals surface area contributed by atoms with Crippen molar-refractivity contribution in [3.8, 4) is 0 Å². The molecule has 1 unspecified atom stereocenters. The number of carbonyl (C=O) groups is 1. The quantitative estimate of drug-likeness (QED) is 0.879. The second-order valence-corrected chi connectivity index (χ2v) is 7.62. The van der Waals surface area contributed by atoms with Gasteiger partial charge in [-0.15, -0.1) is 0 Å². The maximum Gasteiger partial charge on any atom is 0.371 e. The van der Waals surface area contributed by atoms with Crippen LogP contribution >= 0.6 is 0 Å². The maximum absolute atomic E-state index is 10.9. The zero-order chi connectivity index (χ0) is 14.6. The molecule has 1 atom stereocenters. The van der Waals surface area contributed by atoms with Crippen LogP contribution in [0, 0.1) is 23.2 Å². The number of hydrogen-bond donors (Lipinski definition) is 2. The smallest absolute Gasteiger partial charge is 0.371 e. The van der Waals surface area contributed by atoms with Crippen LogP contribution in [-0.2, 0) is 0 Å². The summed E-state index contributed by atoms with van der Waals surface area (Å²) in [7, 11) is 0. The molecule has 4 nitrogen and oxygen atoms in total. The lowest BCUT2D eigenvalue weighted by Crippen LogP contribution is -2.52. The van der Waals surface area contributed by atoms with Crippen LogP contribution < -0.4 is 5.32 Å². The van der Waals surface area contributed by atoms with Crippen molar-refractivity contribution in [2.24, 2.45) is 23.2 Å².